The fourth-order valence-electron chi connectivity index (χ4n) is 1.76. The third kappa shape index (κ3) is 5.41. The lowest BCUT2D eigenvalue weighted by Crippen LogP contribution is -2.29. The zero-order chi connectivity index (χ0) is 15.2. The molecule has 0 aliphatic heterocycles. The van der Waals surface area contributed by atoms with Gasteiger partial charge in [-0.1, -0.05) is 15.9 Å². The van der Waals surface area contributed by atoms with Gasteiger partial charge in [0.15, 0.2) is 5.11 Å². The predicted octanol–water partition coefficient (Wildman–Crippen LogP) is 4.09. The van der Waals surface area contributed by atoms with Gasteiger partial charge in [-0.05, 0) is 65.8 Å². The molecule has 0 saturated carbocycles. The smallest absolute Gasteiger partial charge is 0.170 e. The number of hydrogen-bond acceptors (Lipinski definition) is 2. The highest BCUT2D eigenvalue weighted by molar-refractivity contribution is 9.10. The van der Waals surface area contributed by atoms with Gasteiger partial charge in [0.2, 0.25) is 0 Å². The molecule has 4 nitrogen and oxygen atoms in total. The maximum atomic E-state index is 5.26. The van der Waals surface area contributed by atoms with Gasteiger partial charge in [0.05, 0.1) is 10.2 Å². The lowest BCUT2D eigenvalue weighted by molar-refractivity contribution is 0.570. The highest BCUT2D eigenvalue weighted by Gasteiger charge is 2.01. The lowest BCUT2D eigenvalue weighted by atomic mass is 10.3. The fourth-order valence-corrected chi connectivity index (χ4v) is 2.56. The van der Waals surface area contributed by atoms with Crippen molar-refractivity contribution in [1.29, 1.82) is 0 Å². The molecule has 1 aromatic carbocycles. The van der Waals surface area contributed by atoms with E-state index in [1.54, 1.807) is 0 Å². The minimum Gasteiger partial charge on any atom is -0.362 e. The summed E-state index contributed by atoms with van der Waals surface area (Å²) in [4.78, 5) is 0. The molecule has 2 rings (SSSR count). The van der Waals surface area contributed by atoms with E-state index >= 15 is 0 Å². The molecule has 2 aromatic rings. The van der Waals surface area contributed by atoms with Gasteiger partial charge in [0.25, 0.3) is 0 Å². The van der Waals surface area contributed by atoms with Crippen LogP contribution in [0.5, 0.6) is 0 Å². The Kier molecular flexibility index (Phi) is 6.20. The minimum atomic E-state index is 0.634. The van der Waals surface area contributed by atoms with E-state index < -0.39 is 0 Å². The molecular formula is C14H16Br2N4S. The third-order valence-electron chi connectivity index (χ3n) is 2.84. The first-order chi connectivity index (χ1) is 10.0. The molecule has 2 N–H and O–H groups in total. The van der Waals surface area contributed by atoms with Gasteiger partial charge >= 0.3 is 0 Å². The molecule has 0 bridgehead atoms. The summed E-state index contributed by atoms with van der Waals surface area (Å²) in [6, 6.07) is 7.90. The van der Waals surface area contributed by atoms with Crippen molar-refractivity contribution in [2.75, 3.05) is 11.9 Å². The Morgan fingerprint density at radius 3 is 2.62 bits per heavy atom. The van der Waals surface area contributed by atoms with E-state index in [2.05, 4.69) is 47.6 Å². The summed E-state index contributed by atoms with van der Waals surface area (Å²) in [7, 11) is 0. The second-order valence-electron chi connectivity index (χ2n) is 4.57. The van der Waals surface area contributed by atoms with Crippen LogP contribution in [0.15, 0.2) is 39.4 Å². The number of anilines is 1. The number of halogens is 2. The molecule has 0 spiro atoms. The maximum absolute atomic E-state index is 5.26. The van der Waals surface area contributed by atoms with Crippen molar-refractivity contribution in [3.05, 3.63) is 45.1 Å². The minimum absolute atomic E-state index is 0.634. The number of benzene rings is 1. The van der Waals surface area contributed by atoms with Gasteiger partial charge in [0.1, 0.15) is 0 Å². The van der Waals surface area contributed by atoms with E-state index in [1.807, 2.05) is 42.1 Å². The normalized spacial score (nSPS) is 10.4. The lowest BCUT2D eigenvalue weighted by Gasteiger charge is -2.10. The molecule has 21 heavy (non-hydrogen) atoms. The largest absolute Gasteiger partial charge is 0.362 e. The standard InChI is InChI=1S/C14H16Br2N4S/c1-10-13(16)9-20(19-10)8-2-7-17-14(21)18-12-5-3-11(15)4-6-12/h3-6,9H,2,7-8H2,1H3,(H2,17,18,21). The Hall–Kier alpha value is -0.920. The third-order valence-corrected chi connectivity index (χ3v) is 4.39. The molecule has 0 aliphatic rings. The van der Waals surface area contributed by atoms with Crippen LogP contribution in [0.2, 0.25) is 0 Å². The molecule has 0 saturated heterocycles. The van der Waals surface area contributed by atoms with Crippen molar-refractivity contribution in [3.8, 4) is 0 Å². The summed E-state index contributed by atoms with van der Waals surface area (Å²) < 4.78 is 4.03. The van der Waals surface area contributed by atoms with Crippen LogP contribution >= 0.6 is 44.1 Å². The van der Waals surface area contributed by atoms with Crippen LogP contribution in [0.4, 0.5) is 5.69 Å². The van der Waals surface area contributed by atoms with Gasteiger partial charge in [-0.3, -0.25) is 4.68 Å². The fraction of sp³-hybridized carbons (Fsp3) is 0.286. The van der Waals surface area contributed by atoms with Crippen molar-refractivity contribution < 1.29 is 0 Å². The summed E-state index contributed by atoms with van der Waals surface area (Å²) in [5, 5.41) is 11.4. The van der Waals surface area contributed by atoms with E-state index in [4.69, 9.17) is 12.2 Å². The molecule has 1 aromatic heterocycles. The Balaban J connectivity index is 1.68. The van der Waals surface area contributed by atoms with E-state index in [0.29, 0.717) is 5.11 Å². The number of nitrogens with one attached hydrogen (secondary N) is 2. The molecule has 1 heterocycles. The van der Waals surface area contributed by atoms with Crippen molar-refractivity contribution in [2.24, 2.45) is 0 Å². The Morgan fingerprint density at radius 2 is 2.00 bits per heavy atom. The van der Waals surface area contributed by atoms with Crippen LogP contribution < -0.4 is 10.6 Å². The van der Waals surface area contributed by atoms with Gasteiger partial charge < -0.3 is 10.6 Å². The van der Waals surface area contributed by atoms with Crippen LogP contribution in [0.25, 0.3) is 0 Å². The van der Waals surface area contributed by atoms with Crippen LogP contribution in [0.3, 0.4) is 0 Å². The summed E-state index contributed by atoms with van der Waals surface area (Å²) in [5.41, 5.74) is 1.98. The number of aryl methyl sites for hydroxylation is 2. The molecule has 0 atom stereocenters. The number of aromatic nitrogens is 2. The Morgan fingerprint density at radius 1 is 1.29 bits per heavy atom. The summed E-state index contributed by atoms with van der Waals surface area (Å²) in [5.74, 6) is 0. The van der Waals surface area contributed by atoms with Crippen molar-refractivity contribution in [1.82, 2.24) is 15.1 Å². The zero-order valence-corrected chi connectivity index (χ0v) is 15.6. The van der Waals surface area contributed by atoms with Crippen molar-refractivity contribution >= 4 is 54.9 Å². The van der Waals surface area contributed by atoms with Gasteiger partial charge in [-0.2, -0.15) is 5.10 Å². The highest BCUT2D eigenvalue weighted by Crippen LogP contribution is 2.14. The second kappa shape index (κ2) is 7.91. The maximum Gasteiger partial charge on any atom is 0.170 e. The molecule has 112 valence electrons. The first kappa shape index (κ1) is 16.5. The first-order valence-corrected chi connectivity index (χ1v) is 8.54. The highest BCUT2D eigenvalue weighted by atomic mass is 79.9. The average molecular weight is 432 g/mol. The topological polar surface area (TPSA) is 41.9 Å². The molecule has 0 aliphatic carbocycles. The van der Waals surface area contributed by atoms with E-state index in [0.717, 1.165) is 39.8 Å². The van der Waals surface area contributed by atoms with Crippen molar-refractivity contribution in [2.45, 2.75) is 19.9 Å². The van der Waals surface area contributed by atoms with E-state index in [-0.39, 0.29) is 0 Å². The summed E-state index contributed by atoms with van der Waals surface area (Å²) in [6.07, 6.45) is 2.95. The molecular weight excluding hydrogens is 416 g/mol. The average Bonchev–Trinajstić information content (AvgIpc) is 2.76. The quantitative estimate of drug-likeness (QED) is 0.552. The predicted molar refractivity (Wildman–Crippen MR) is 97.6 cm³/mol. The van der Waals surface area contributed by atoms with Crippen molar-refractivity contribution in [3.63, 3.8) is 0 Å². The van der Waals surface area contributed by atoms with E-state index in [9.17, 15) is 0 Å². The molecule has 7 heteroatoms. The zero-order valence-electron chi connectivity index (χ0n) is 11.6. The Labute approximate surface area is 146 Å². The first-order valence-electron chi connectivity index (χ1n) is 6.54. The second-order valence-corrected chi connectivity index (χ2v) is 6.75. The summed E-state index contributed by atoms with van der Waals surface area (Å²) in [6.45, 7) is 3.65. The number of rotatable bonds is 5. The number of thiocarbonyl (C=S) groups is 1. The van der Waals surface area contributed by atoms with Crippen LogP contribution in [-0.4, -0.2) is 21.4 Å². The van der Waals surface area contributed by atoms with Crippen LogP contribution in [0.1, 0.15) is 12.1 Å². The molecule has 0 unspecified atom stereocenters. The SMILES string of the molecule is Cc1nn(CCCNC(=S)Nc2ccc(Br)cc2)cc1Br. The van der Waals surface area contributed by atoms with Crippen LogP contribution in [0, 0.1) is 6.92 Å². The monoisotopic (exact) mass is 430 g/mol. The van der Waals surface area contributed by atoms with Gasteiger partial charge in [-0.15, -0.1) is 0 Å². The van der Waals surface area contributed by atoms with Crippen LogP contribution in [-0.2, 0) is 6.54 Å². The number of nitrogens with zero attached hydrogens (tertiary/aromatic N) is 2. The molecule has 0 radical (unpaired) electrons. The Bertz CT molecular complexity index is 590. The number of hydrogen-bond donors (Lipinski definition) is 2. The van der Waals surface area contributed by atoms with Gasteiger partial charge in [-0.25, -0.2) is 0 Å². The summed E-state index contributed by atoms with van der Waals surface area (Å²) >= 11 is 12.1. The molecule has 0 amide bonds. The molecule has 0 fully saturated rings. The van der Waals surface area contributed by atoms with Gasteiger partial charge in [0, 0.05) is 29.4 Å². The van der Waals surface area contributed by atoms with E-state index in [1.165, 1.54) is 0 Å².